The number of nitrogens with zero attached hydrogens (tertiary/aromatic N) is 4. The molecule has 0 saturated carbocycles. The lowest BCUT2D eigenvalue weighted by atomic mass is 10.0. The van der Waals surface area contributed by atoms with E-state index in [0.29, 0.717) is 10.6 Å². The van der Waals surface area contributed by atoms with Gasteiger partial charge in [-0.05, 0) is 60.3 Å². The van der Waals surface area contributed by atoms with Crippen molar-refractivity contribution in [3.05, 3.63) is 118 Å². The fourth-order valence-corrected chi connectivity index (χ4v) is 5.76. The van der Waals surface area contributed by atoms with Crippen molar-refractivity contribution in [1.82, 2.24) is 19.2 Å². The Balaban J connectivity index is 1.51. The standard InChI is InChI=1S/C29H24FN5O3S/c1-18-22-17-34(29(37)31-23-14-16-39-26(23)28(36)38-2)25(19-10-12-20(30)13-11-19)24-9-6-15-33(24)27(22)35(32-18)21-7-4-3-5-8-21/h3-16,25H,17H2,1-2H3,(H,31,37)/t25-/m1/s1. The first-order chi connectivity index (χ1) is 19.0. The molecule has 0 unspecified atom stereocenters. The lowest BCUT2D eigenvalue weighted by molar-refractivity contribution is 0.0607. The molecule has 1 aliphatic heterocycles. The van der Waals surface area contributed by atoms with Gasteiger partial charge in [0.25, 0.3) is 0 Å². The molecule has 1 atom stereocenters. The maximum Gasteiger partial charge on any atom is 0.350 e. The van der Waals surface area contributed by atoms with Crippen molar-refractivity contribution in [3.8, 4) is 11.5 Å². The molecule has 0 aliphatic carbocycles. The van der Waals surface area contributed by atoms with Crippen LogP contribution in [0.5, 0.6) is 0 Å². The van der Waals surface area contributed by atoms with Gasteiger partial charge in [-0.2, -0.15) is 5.10 Å². The number of hydrogen-bond acceptors (Lipinski definition) is 5. The first-order valence-electron chi connectivity index (χ1n) is 12.3. The average Bonchev–Trinajstić information content (AvgIpc) is 3.67. The number of methoxy groups -OCH3 is 1. The van der Waals surface area contributed by atoms with Gasteiger partial charge < -0.3 is 19.5 Å². The second kappa shape index (κ2) is 9.88. The number of hydrogen-bond donors (Lipinski definition) is 1. The SMILES string of the molecule is COC(=O)c1sccc1NC(=O)N1Cc2c(C)nn(-c3ccccc3)c2-n2cccc2[C@H]1c1ccc(F)cc1. The van der Waals surface area contributed by atoms with E-state index in [1.807, 2.05) is 64.8 Å². The molecular formula is C29H24FN5O3S. The molecule has 10 heteroatoms. The minimum Gasteiger partial charge on any atom is -0.465 e. The number of fused-ring (bicyclic) bond motifs is 3. The third-order valence-corrected chi connectivity index (χ3v) is 7.71. The molecule has 4 heterocycles. The van der Waals surface area contributed by atoms with Crippen LogP contribution in [0.15, 0.2) is 84.4 Å². The number of esters is 1. The second-order valence-electron chi connectivity index (χ2n) is 9.11. The van der Waals surface area contributed by atoms with Crippen LogP contribution in [-0.4, -0.2) is 38.4 Å². The zero-order valence-electron chi connectivity index (χ0n) is 21.2. The maximum absolute atomic E-state index is 14.0. The van der Waals surface area contributed by atoms with Crippen LogP contribution in [0.2, 0.25) is 0 Å². The van der Waals surface area contributed by atoms with Gasteiger partial charge in [0.05, 0.1) is 42.5 Å². The minimum absolute atomic E-state index is 0.223. The van der Waals surface area contributed by atoms with E-state index in [4.69, 9.17) is 9.84 Å². The van der Waals surface area contributed by atoms with Gasteiger partial charge in [0, 0.05) is 11.8 Å². The van der Waals surface area contributed by atoms with Crippen molar-refractivity contribution in [2.45, 2.75) is 19.5 Å². The van der Waals surface area contributed by atoms with E-state index in [0.717, 1.165) is 34.0 Å². The van der Waals surface area contributed by atoms with Crippen molar-refractivity contribution >= 4 is 29.0 Å². The van der Waals surface area contributed by atoms with E-state index in [9.17, 15) is 14.0 Å². The highest BCUT2D eigenvalue weighted by Gasteiger charge is 2.36. The fraction of sp³-hybridized carbons (Fsp3) is 0.138. The Morgan fingerprint density at radius 3 is 2.56 bits per heavy atom. The number of amides is 2. The van der Waals surface area contributed by atoms with Crippen molar-refractivity contribution < 1.29 is 18.7 Å². The summed E-state index contributed by atoms with van der Waals surface area (Å²) in [5, 5.41) is 9.47. The van der Waals surface area contributed by atoms with E-state index in [1.165, 1.54) is 30.6 Å². The van der Waals surface area contributed by atoms with Crippen LogP contribution in [-0.2, 0) is 11.3 Å². The molecular weight excluding hydrogens is 517 g/mol. The molecule has 0 radical (unpaired) electrons. The number of para-hydroxylation sites is 1. The van der Waals surface area contributed by atoms with E-state index < -0.39 is 18.0 Å². The quantitative estimate of drug-likeness (QED) is 0.279. The number of nitrogens with one attached hydrogen (secondary N) is 1. The molecule has 0 saturated heterocycles. The van der Waals surface area contributed by atoms with Gasteiger partial charge >= 0.3 is 12.0 Å². The summed E-state index contributed by atoms with van der Waals surface area (Å²) in [4.78, 5) is 28.3. The second-order valence-corrected chi connectivity index (χ2v) is 10.0. The number of thiophene rings is 1. The summed E-state index contributed by atoms with van der Waals surface area (Å²) < 4.78 is 22.7. The zero-order valence-corrected chi connectivity index (χ0v) is 22.0. The van der Waals surface area contributed by atoms with E-state index in [2.05, 4.69) is 5.32 Å². The lowest BCUT2D eigenvalue weighted by Crippen LogP contribution is -2.38. The van der Waals surface area contributed by atoms with Gasteiger partial charge in [-0.1, -0.05) is 30.3 Å². The normalized spacial score (nSPS) is 14.3. The maximum atomic E-state index is 14.0. The summed E-state index contributed by atoms with van der Waals surface area (Å²) in [7, 11) is 1.30. The number of urea groups is 1. The van der Waals surface area contributed by atoms with Gasteiger partial charge in [-0.25, -0.2) is 18.7 Å². The monoisotopic (exact) mass is 541 g/mol. The van der Waals surface area contributed by atoms with Crippen LogP contribution in [0.1, 0.15) is 38.2 Å². The minimum atomic E-state index is -0.558. The number of carbonyl (C=O) groups is 2. The van der Waals surface area contributed by atoms with Gasteiger partial charge in [0.15, 0.2) is 0 Å². The first-order valence-corrected chi connectivity index (χ1v) is 13.1. The topological polar surface area (TPSA) is 81.4 Å². The summed E-state index contributed by atoms with van der Waals surface area (Å²) in [5.74, 6) is -0.0621. The molecule has 3 aromatic heterocycles. The van der Waals surface area contributed by atoms with Crippen LogP contribution in [0.25, 0.3) is 11.5 Å². The largest absolute Gasteiger partial charge is 0.465 e. The number of anilines is 1. The average molecular weight is 542 g/mol. The molecule has 2 amide bonds. The number of carbonyl (C=O) groups excluding carboxylic acids is 2. The number of ether oxygens (including phenoxy) is 1. The summed E-state index contributed by atoms with van der Waals surface area (Å²) >= 11 is 1.19. The smallest absolute Gasteiger partial charge is 0.350 e. The van der Waals surface area contributed by atoms with Crippen molar-refractivity contribution in [2.24, 2.45) is 0 Å². The molecule has 196 valence electrons. The van der Waals surface area contributed by atoms with E-state index in [-0.39, 0.29) is 12.4 Å². The van der Waals surface area contributed by atoms with Crippen LogP contribution >= 0.6 is 11.3 Å². The number of aryl methyl sites for hydroxylation is 1. The predicted molar refractivity (Wildman–Crippen MR) is 146 cm³/mol. The molecule has 39 heavy (non-hydrogen) atoms. The summed E-state index contributed by atoms with van der Waals surface area (Å²) in [5.41, 5.74) is 4.45. The van der Waals surface area contributed by atoms with Gasteiger partial charge in [0.1, 0.15) is 16.5 Å². The highest BCUT2D eigenvalue weighted by Crippen LogP contribution is 2.39. The molecule has 8 nitrogen and oxygen atoms in total. The lowest BCUT2D eigenvalue weighted by Gasteiger charge is -2.31. The third kappa shape index (κ3) is 4.28. The fourth-order valence-electron chi connectivity index (χ4n) is 4.99. The highest BCUT2D eigenvalue weighted by molar-refractivity contribution is 7.12. The first kappa shape index (κ1) is 24.6. The van der Waals surface area contributed by atoms with Crippen LogP contribution < -0.4 is 5.32 Å². The predicted octanol–water partition coefficient (Wildman–Crippen LogP) is 6.10. The number of aromatic nitrogens is 3. The molecule has 2 aromatic carbocycles. The van der Waals surface area contributed by atoms with Gasteiger partial charge in [-0.3, -0.25) is 0 Å². The summed E-state index contributed by atoms with van der Waals surface area (Å²) in [6.45, 7) is 2.14. The number of halogens is 1. The Morgan fingerprint density at radius 1 is 1.05 bits per heavy atom. The molecule has 0 fully saturated rings. The number of rotatable bonds is 4. The highest BCUT2D eigenvalue weighted by atomic mass is 32.1. The van der Waals surface area contributed by atoms with Crippen LogP contribution in [0, 0.1) is 12.7 Å². The molecule has 6 rings (SSSR count). The van der Waals surface area contributed by atoms with Crippen LogP contribution in [0.4, 0.5) is 14.9 Å². The van der Waals surface area contributed by atoms with Gasteiger partial charge in [0.2, 0.25) is 0 Å². The van der Waals surface area contributed by atoms with Crippen molar-refractivity contribution in [3.63, 3.8) is 0 Å². The Morgan fingerprint density at radius 2 is 1.82 bits per heavy atom. The molecule has 1 aliphatic rings. The molecule has 0 spiro atoms. The number of benzene rings is 2. The zero-order chi connectivity index (χ0) is 27.1. The van der Waals surface area contributed by atoms with Crippen molar-refractivity contribution in [2.75, 3.05) is 12.4 Å². The third-order valence-electron chi connectivity index (χ3n) is 6.81. The molecule has 1 N–H and O–H groups in total. The summed E-state index contributed by atoms with van der Waals surface area (Å²) in [6, 6.07) is 20.5. The Kier molecular flexibility index (Phi) is 6.24. The van der Waals surface area contributed by atoms with E-state index >= 15 is 0 Å². The summed E-state index contributed by atoms with van der Waals surface area (Å²) in [6.07, 6.45) is 1.95. The van der Waals surface area contributed by atoms with Crippen LogP contribution in [0.3, 0.4) is 0 Å². The van der Waals surface area contributed by atoms with Crippen molar-refractivity contribution in [1.29, 1.82) is 0 Å². The molecule has 5 aromatic rings. The van der Waals surface area contributed by atoms with E-state index in [1.54, 1.807) is 28.5 Å². The Hall–Kier alpha value is -4.70. The Labute approximate surface area is 227 Å². The molecule has 0 bridgehead atoms. The van der Waals surface area contributed by atoms with Gasteiger partial charge in [-0.15, -0.1) is 11.3 Å². The Bertz CT molecular complexity index is 1670.